The number of hydrogen-bond acceptors (Lipinski definition) is 3. The van der Waals surface area contributed by atoms with E-state index in [1.54, 1.807) is 6.20 Å². The molecule has 1 saturated heterocycles. The molecule has 2 atom stereocenters. The second kappa shape index (κ2) is 6.76. The summed E-state index contributed by atoms with van der Waals surface area (Å²) in [4.78, 5) is 0. The zero-order valence-electron chi connectivity index (χ0n) is 12.6. The molecule has 112 valence electrons. The van der Waals surface area contributed by atoms with Crippen molar-refractivity contribution in [3.63, 3.8) is 0 Å². The Morgan fingerprint density at radius 3 is 2.86 bits per heavy atom. The molecule has 2 heterocycles. The van der Waals surface area contributed by atoms with Gasteiger partial charge in [0.25, 0.3) is 0 Å². The van der Waals surface area contributed by atoms with Gasteiger partial charge in [0, 0.05) is 30.2 Å². The SMILES string of the molecule is CC(CC1CCCCN1)Nc1ccc(-n2cccn2)cc1. The molecule has 0 amide bonds. The molecule has 21 heavy (non-hydrogen) atoms. The predicted octanol–water partition coefficient (Wildman–Crippen LogP) is 3.20. The van der Waals surface area contributed by atoms with E-state index >= 15 is 0 Å². The lowest BCUT2D eigenvalue weighted by molar-refractivity contribution is 0.371. The molecule has 4 nitrogen and oxygen atoms in total. The summed E-state index contributed by atoms with van der Waals surface area (Å²) in [6.45, 7) is 3.44. The summed E-state index contributed by atoms with van der Waals surface area (Å²) >= 11 is 0. The average Bonchev–Trinajstić information content (AvgIpc) is 3.03. The summed E-state index contributed by atoms with van der Waals surface area (Å²) in [6, 6.07) is 11.5. The van der Waals surface area contributed by atoms with Crippen LogP contribution in [0.2, 0.25) is 0 Å². The minimum absolute atomic E-state index is 0.483. The Kier molecular flexibility index (Phi) is 4.55. The topological polar surface area (TPSA) is 41.9 Å². The van der Waals surface area contributed by atoms with E-state index in [-0.39, 0.29) is 0 Å². The van der Waals surface area contributed by atoms with E-state index in [0.29, 0.717) is 12.1 Å². The van der Waals surface area contributed by atoms with Crippen LogP contribution in [0.1, 0.15) is 32.6 Å². The Balaban J connectivity index is 1.54. The largest absolute Gasteiger partial charge is 0.383 e. The van der Waals surface area contributed by atoms with Crippen molar-refractivity contribution in [1.82, 2.24) is 15.1 Å². The van der Waals surface area contributed by atoms with Crippen molar-refractivity contribution in [2.75, 3.05) is 11.9 Å². The fourth-order valence-corrected chi connectivity index (χ4v) is 3.03. The van der Waals surface area contributed by atoms with Crippen LogP contribution < -0.4 is 10.6 Å². The van der Waals surface area contributed by atoms with Crippen molar-refractivity contribution in [2.45, 2.75) is 44.7 Å². The third-order valence-electron chi connectivity index (χ3n) is 4.10. The van der Waals surface area contributed by atoms with Crippen LogP contribution in [0.5, 0.6) is 0 Å². The van der Waals surface area contributed by atoms with E-state index in [2.05, 4.69) is 46.9 Å². The minimum atomic E-state index is 0.483. The first-order valence-corrected chi connectivity index (χ1v) is 7.91. The van der Waals surface area contributed by atoms with E-state index in [1.807, 2.05) is 16.9 Å². The molecule has 1 aromatic carbocycles. The van der Waals surface area contributed by atoms with Gasteiger partial charge in [-0.3, -0.25) is 0 Å². The molecule has 1 fully saturated rings. The van der Waals surface area contributed by atoms with Gasteiger partial charge in [-0.1, -0.05) is 6.42 Å². The number of benzene rings is 1. The molecule has 1 aliphatic rings. The van der Waals surface area contributed by atoms with Gasteiger partial charge >= 0.3 is 0 Å². The zero-order valence-corrected chi connectivity index (χ0v) is 12.6. The molecule has 0 radical (unpaired) electrons. The van der Waals surface area contributed by atoms with Crippen molar-refractivity contribution >= 4 is 5.69 Å². The number of rotatable bonds is 5. The Morgan fingerprint density at radius 1 is 1.33 bits per heavy atom. The van der Waals surface area contributed by atoms with E-state index in [9.17, 15) is 0 Å². The van der Waals surface area contributed by atoms with Gasteiger partial charge in [0.1, 0.15) is 0 Å². The summed E-state index contributed by atoms with van der Waals surface area (Å²) < 4.78 is 1.87. The Hall–Kier alpha value is -1.81. The standard InChI is InChI=1S/C17H24N4/c1-14(13-16-5-2-3-10-18-16)20-15-6-8-17(9-7-15)21-12-4-11-19-21/h4,6-9,11-12,14,16,18,20H,2-3,5,10,13H2,1H3. The second-order valence-corrected chi connectivity index (χ2v) is 5.93. The Morgan fingerprint density at radius 2 is 2.19 bits per heavy atom. The lowest BCUT2D eigenvalue weighted by Gasteiger charge is -2.27. The number of hydrogen-bond donors (Lipinski definition) is 2. The zero-order chi connectivity index (χ0) is 14.5. The first-order valence-electron chi connectivity index (χ1n) is 7.91. The number of aromatic nitrogens is 2. The van der Waals surface area contributed by atoms with Gasteiger partial charge in [-0.2, -0.15) is 5.10 Å². The number of nitrogens with zero attached hydrogens (tertiary/aromatic N) is 2. The van der Waals surface area contributed by atoms with Crippen LogP contribution >= 0.6 is 0 Å². The van der Waals surface area contributed by atoms with Crippen LogP contribution in [-0.2, 0) is 0 Å². The molecule has 0 aliphatic carbocycles. The van der Waals surface area contributed by atoms with Crippen LogP contribution in [0, 0.1) is 0 Å². The van der Waals surface area contributed by atoms with E-state index in [4.69, 9.17) is 0 Å². The summed E-state index contributed by atoms with van der Waals surface area (Å²) in [5, 5.41) is 11.4. The number of piperidine rings is 1. The molecule has 4 heteroatoms. The lowest BCUT2D eigenvalue weighted by atomic mass is 9.98. The molecule has 2 aromatic rings. The van der Waals surface area contributed by atoms with Gasteiger partial charge in [0.2, 0.25) is 0 Å². The molecule has 1 aliphatic heterocycles. The van der Waals surface area contributed by atoms with Crippen LogP contribution in [0.25, 0.3) is 5.69 Å². The minimum Gasteiger partial charge on any atom is -0.383 e. The fourth-order valence-electron chi connectivity index (χ4n) is 3.03. The number of anilines is 1. The van der Waals surface area contributed by atoms with Crippen LogP contribution in [0.4, 0.5) is 5.69 Å². The first-order chi connectivity index (χ1) is 10.3. The maximum absolute atomic E-state index is 4.24. The molecular weight excluding hydrogens is 260 g/mol. The van der Waals surface area contributed by atoms with Crippen LogP contribution in [0.3, 0.4) is 0 Å². The maximum Gasteiger partial charge on any atom is 0.0647 e. The normalized spacial score (nSPS) is 20.1. The highest BCUT2D eigenvalue weighted by molar-refractivity contribution is 5.49. The third-order valence-corrected chi connectivity index (χ3v) is 4.10. The van der Waals surface area contributed by atoms with Crippen molar-refractivity contribution in [2.24, 2.45) is 0 Å². The van der Waals surface area contributed by atoms with Crippen molar-refractivity contribution in [3.05, 3.63) is 42.7 Å². The smallest absolute Gasteiger partial charge is 0.0647 e. The second-order valence-electron chi connectivity index (χ2n) is 5.93. The fraction of sp³-hybridized carbons (Fsp3) is 0.471. The molecule has 0 spiro atoms. The van der Waals surface area contributed by atoms with Gasteiger partial charge in [0.05, 0.1) is 5.69 Å². The molecule has 2 N–H and O–H groups in total. The molecule has 3 rings (SSSR count). The molecule has 1 aromatic heterocycles. The van der Waals surface area contributed by atoms with Gasteiger partial charge in [-0.25, -0.2) is 4.68 Å². The van der Waals surface area contributed by atoms with E-state index in [0.717, 1.165) is 5.69 Å². The Labute approximate surface area is 126 Å². The average molecular weight is 284 g/mol. The maximum atomic E-state index is 4.24. The monoisotopic (exact) mass is 284 g/mol. The highest BCUT2D eigenvalue weighted by atomic mass is 15.3. The molecule has 2 unspecified atom stereocenters. The summed E-state index contributed by atoms with van der Waals surface area (Å²) in [5.41, 5.74) is 2.27. The van der Waals surface area contributed by atoms with Gasteiger partial charge in [-0.05, 0) is 63.1 Å². The van der Waals surface area contributed by atoms with E-state index < -0.39 is 0 Å². The summed E-state index contributed by atoms with van der Waals surface area (Å²) in [7, 11) is 0. The van der Waals surface area contributed by atoms with Gasteiger partial charge in [0.15, 0.2) is 0 Å². The molecule has 0 saturated carbocycles. The van der Waals surface area contributed by atoms with Gasteiger partial charge < -0.3 is 10.6 Å². The van der Waals surface area contributed by atoms with Crippen molar-refractivity contribution < 1.29 is 0 Å². The van der Waals surface area contributed by atoms with Crippen LogP contribution in [-0.4, -0.2) is 28.4 Å². The van der Waals surface area contributed by atoms with Crippen LogP contribution in [0.15, 0.2) is 42.7 Å². The first kappa shape index (κ1) is 14.1. The molecular formula is C17H24N4. The quantitative estimate of drug-likeness (QED) is 0.886. The lowest BCUT2D eigenvalue weighted by Crippen LogP contribution is -2.37. The number of nitrogens with one attached hydrogen (secondary N) is 2. The predicted molar refractivity (Wildman–Crippen MR) is 86.9 cm³/mol. The van der Waals surface area contributed by atoms with E-state index in [1.165, 1.54) is 37.9 Å². The third kappa shape index (κ3) is 3.85. The Bertz CT molecular complexity index is 526. The molecule has 0 bridgehead atoms. The van der Waals surface area contributed by atoms with Gasteiger partial charge in [-0.15, -0.1) is 0 Å². The van der Waals surface area contributed by atoms with Crippen molar-refractivity contribution in [1.29, 1.82) is 0 Å². The highest BCUT2D eigenvalue weighted by Crippen LogP contribution is 2.17. The highest BCUT2D eigenvalue weighted by Gasteiger charge is 2.15. The summed E-state index contributed by atoms with van der Waals surface area (Å²) in [5.74, 6) is 0. The summed E-state index contributed by atoms with van der Waals surface area (Å²) in [6.07, 6.45) is 8.94. The van der Waals surface area contributed by atoms with Crippen molar-refractivity contribution in [3.8, 4) is 5.69 Å².